The van der Waals surface area contributed by atoms with Gasteiger partial charge < -0.3 is 13.9 Å². The average molecular weight is 295 g/mol. The first-order chi connectivity index (χ1) is 9.37. The number of alkyl halides is 3. The molecule has 0 radical (unpaired) electrons. The van der Waals surface area contributed by atoms with Crippen LogP contribution in [0.1, 0.15) is 16.1 Å². The van der Waals surface area contributed by atoms with Gasteiger partial charge in [-0.05, 0) is 6.07 Å². The molecule has 1 aromatic rings. The monoisotopic (exact) mass is 295 g/mol. The van der Waals surface area contributed by atoms with Crippen molar-refractivity contribution in [3.05, 3.63) is 23.7 Å². The van der Waals surface area contributed by atoms with Crippen LogP contribution in [-0.4, -0.2) is 51.0 Å². The van der Waals surface area contributed by atoms with Crippen molar-refractivity contribution in [2.45, 2.75) is 12.7 Å². The van der Waals surface area contributed by atoms with Crippen molar-refractivity contribution in [3.63, 3.8) is 0 Å². The summed E-state index contributed by atoms with van der Waals surface area (Å²) in [6.07, 6.45) is -3.10. The van der Waals surface area contributed by atoms with Gasteiger partial charge in [-0.1, -0.05) is 0 Å². The molecule has 5 nitrogen and oxygen atoms in total. The van der Waals surface area contributed by atoms with Gasteiger partial charge in [-0.25, -0.2) is 4.79 Å². The van der Waals surface area contributed by atoms with Crippen LogP contribution >= 0.6 is 0 Å². The lowest BCUT2D eigenvalue weighted by atomic mass is 10.2. The maximum atomic E-state index is 12.5. The van der Waals surface area contributed by atoms with E-state index in [1.807, 2.05) is 0 Å². The molecule has 20 heavy (non-hydrogen) atoms. The lowest BCUT2D eigenvalue weighted by Crippen LogP contribution is -2.36. The number of carbonyl (C=O) groups excluding carboxylic acids is 1. The number of esters is 1. The molecule has 0 bridgehead atoms. The molecule has 1 heterocycles. The fourth-order valence-electron chi connectivity index (χ4n) is 1.65. The zero-order valence-electron chi connectivity index (χ0n) is 11.2. The van der Waals surface area contributed by atoms with Crippen LogP contribution in [0.25, 0.3) is 0 Å². The van der Waals surface area contributed by atoms with E-state index >= 15 is 0 Å². The van der Waals surface area contributed by atoms with Gasteiger partial charge in [0, 0.05) is 13.7 Å². The Balaban J connectivity index is 2.78. The van der Waals surface area contributed by atoms with Gasteiger partial charge >= 0.3 is 12.1 Å². The summed E-state index contributed by atoms with van der Waals surface area (Å²) in [4.78, 5) is 12.5. The van der Waals surface area contributed by atoms with Crippen LogP contribution in [0.5, 0.6) is 0 Å². The number of furan rings is 1. The van der Waals surface area contributed by atoms with Crippen LogP contribution in [0.3, 0.4) is 0 Å². The molecular formula is C12H16F3NO4. The van der Waals surface area contributed by atoms with E-state index in [2.05, 4.69) is 4.74 Å². The van der Waals surface area contributed by atoms with Crippen LogP contribution in [0.2, 0.25) is 0 Å². The van der Waals surface area contributed by atoms with Crippen LogP contribution in [0.4, 0.5) is 13.2 Å². The number of ether oxygens (including phenoxy) is 2. The zero-order chi connectivity index (χ0) is 15.2. The number of hydrogen-bond donors (Lipinski definition) is 0. The predicted molar refractivity (Wildman–Crippen MR) is 63.3 cm³/mol. The second kappa shape index (κ2) is 7.30. The van der Waals surface area contributed by atoms with Crippen LogP contribution in [0, 0.1) is 0 Å². The first kappa shape index (κ1) is 16.5. The smallest absolute Gasteiger partial charge is 0.401 e. The lowest BCUT2D eigenvalue weighted by Gasteiger charge is -2.22. The Morgan fingerprint density at radius 2 is 2.10 bits per heavy atom. The van der Waals surface area contributed by atoms with Crippen molar-refractivity contribution >= 4 is 5.97 Å². The van der Waals surface area contributed by atoms with Crippen molar-refractivity contribution in [2.24, 2.45) is 0 Å². The fraction of sp³-hybridized carbons (Fsp3) is 0.583. The molecule has 0 aliphatic carbocycles. The second-order valence-electron chi connectivity index (χ2n) is 4.07. The summed E-state index contributed by atoms with van der Waals surface area (Å²) in [5.74, 6) is -0.510. The molecule has 0 atom stereocenters. The summed E-state index contributed by atoms with van der Waals surface area (Å²) in [6, 6.07) is 1.36. The van der Waals surface area contributed by atoms with Crippen molar-refractivity contribution in [1.29, 1.82) is 0 Å². The Hall–Kier alpha value is -1.54. The first-order valence-electron chi connectivity index (χ1n) is 5.80. The zero-order valence-corrected chi connectivity index (χ0v) is 11.2. The number of nitrogens with zero attached hydrogens (tertiary/aromatic N) is 1. The van der Waals surface area contributed by atoms with E-state index in [1.54, 1.807) is 0 Å². The van der Waals surface area contributed by atoms with Crippen LogP contribution in [-0.2, 0) is 16.0 Å². The highest BCUT2D eigenvalue weighted by molar-refractivity contribution is 5.90. The molecule has 0 amide bonds. The normalized spacial score (nSPS) is 11.9. The molecule has 0 N–H and O–H groups in total. The third-order valence-corrected chi connectivity index (χ3v) is 2.53. The molecular weight excluding hydrogens is 279 g/mol. The highest BCUT2D eigenvalue weighted by Crippen LogP contribution is 2.20. The van der Waals surface area contributed by atoms with Gasteiger partial charge in [0.05, 0.1) is 33.1 Å². The van der Waals surface area contributed by atoms with Gasteiger partial charge in [0.1, 0.15) is 11.3 Å². The molecule has 0 fully saturated rings. The Labute approximate surface area is 114 Å². The Morgan fingerprint density at radius 1 is 1.40 bits per heavy atom. The Bertz CT molecular complexity index is 431. The largest absolute Gasteiger partial charge is 0.467 e. The van der Waals surface area contributed by atoms with Crippen molar-refractivity contribution in [1.82, 2.24) is 4.90 Å². The van der Waals surface area contributed by atoms with E-state index in [4.69, 9.17) is 9.15 Å². The molecule has 0 spiro atoms. The highest BCUT2D eigenvalue weighted by Gasteiger charge is 2.31. The van der Waals surface area contributed by atoms with Crippen LogP contribution in [0.15, 0.2) is 16.7 Å². The molecule has 1 aromatic heterocycles. The SMILES string of the molecule is COCCN(Cc1occc1C(=O)OC)CC(F)(F)F. The summed E-state index contributed by atoms with van der Waals surface area (Å²) in [7, 11) is 2.59. The maximum Gasteiger partial charge on any atom is 0.401 e. The lowest BCUT2D eigenvalue weighted by molar-refractivity contribution is -0.148. The Morgan fingerprint density at radius 3 is 2.65 bits per heavy atom. The molecule has 0 aliphatic rings. The standard InChI is InChI=1S/C12H16F3NO4/c1-18-6-4-16(8-12(13,14)15)7-10-9(3-5-20-10)11(17)19-2/h3,5H,4,6-8H2,1-2H3. The molecule has 0 saturated heterocycles. The predicted octanol–water partition coefficient (Wildman–Crippen LogP) is 2.08. The van der Waals surface area contributed by atoms with E-state index in [-0.39, 0.29) is 31.0 Å². The summed E-state index contributed by atoms with van der Waals surface area (Å²) in [6.45, 7) is -1.06. The summed E-state index contributed by atoms with van der Waals surface area (Å²) in [5.41, 5.74) is 0.122. The number of rotatable bonds is 7. The van der Waals surface area contributed by atoms with Crippen molar-refractivity contribution in [2.75, 3.05) is 33.9 Å². The van der Waals surface area contributed by atoms with Gasteiger partial charge in [-0.3, -0.25) is 4.90 Å². The third kappa shape index (κ3) is 5.22. The van der Waals surface area contributed by atoms with Crippen molar-refractivity contribution < 1.29 is 31.9 Å². The summed E-state index contributed by atoms with van der Waals surface area (Å²) >= 11 is 0. The van der Waals surface area contributed by atoms with Crippen LogP contribution < -0.4 is 0 Å². The number of hydrogen-bond acceptors (Lipinski definition) is 5. The minimum atomic E-state index is -4.34. The number of methoxy groups -OCH3 is 2. The molecule has 0 aromatic carbocycles. The van der Waals surface area contributed by atoms with E-state index in [0.717, 1.165) is 4.90 Å². The summed E-state index contributed by atoms with van der Waals surface area (Å²) in [5, 5.41) is 0. The Kier molecular flexibility index (Phi) is 6.03. The van der Waals surface area contributed by atoms with E-state index in [1.165, 1.54) is 26.5 Å². The van der Waals surface area contributed by atoms with Gasteiger partial charge in [0.2, 0.25) is 0 Å². The van der Waals surface area contributed by atoms with Gasteiger partial charge in [-0.2, -0.15) is 13.2 Å². The topological polar surface area (TPSA) is 51.9 Å². The number of carbonyl (C=O) groups is 1. The molecule has 1 rings (SSSR count). The first-order valence-corrected chi connectivity index (χ1v) is 5.80. The molecule has 0 aliphatic heterocycles. The maximum absolute atomic E-state index is 12.5. The van der Waals surface area contributed by atoms with E-state index in [9.17, 15) is 18.0 Å². The van der Waals surface area contributed by atoms with E-state index < -0.39 is 18.7 Å². The molecule has 0 unspecified atom stereocenters. The average Bonchev–Trinajstić information content (AvgIpc) is 2.81. The highest BCUT2D eigenvalue weighted by atomic mass is 19.4. The van der Waals surface area contributed by atoms with Gasteiger partial charge in [0.25, 0.3) is 0 Å². The van der Waals surface area contributed by atoms with E-state index in [0.29, 0.717) is 0 Å². The molecule has 0 saturated carbocycles. The number of halogens is 3. The quantitative estimate of drug-likeness (QED) is 0.721. The fourth-order valence-corrected chi connectivity index (χ4v) is 1.65. The minimum absolute atomic E-state index is 0.0668. The molecule has 114 valence electrons. The third-order valence-electron chi connectivity index (χ3n) is 2.53. The second-order valence-corrected chi connectivity index (χ2v) is 4.07. The minimum Gasteiger partial charge on any atom is -0.467 e. The molecule has 8 heteroatoms. The summed E-state index contributed by atoms with van der Waals surface area (Å²) < 4.78 is 51.8. The van der Waals surface area contributed by atoms with Gasteiger partial charge in [0.15, 0.2) is 0 Å². The van der Waals surface area contributed by atoms with Crippen molar-refractivity contribution in [3.8, 4) is 0 Å². The van der Waals surface area contributed by atoms with Gasteiger partial charge in [-0.15, -0.1) is 0 Å².